The van der Waals surface area contributed by atoms with Crippen molar-refractivity contribution >= 4 is 0 Å². The lowest BCUT2D eigenvalue weighted by atomic mass is 10.4. The molecule has 1 aromatic rings. The Bertz CT molecular complexity index is 205. The quantitative estimate of drug-likeness (QED) is 0.504. The van der Waals surface area contributed by atoms with Crippen LogP contribution >= 0.6 is 0 Å². The molecule has 0 aliphatic carbocycles. The van der Waals surface area contributed by atoms with Gasteiger partial charge in [-0.25, -0.2) is 9.67 Å². The highest BCUT2D eigenvalue weighted by atomic mass is 15.4. The van der Waals surface area contributed by atoms with E-state index in [1.54, 1.807) is 0 Å². The lowest BCUT2D eigenvalue weighted by molar-refractivity contribution is 0.650. The Morgan fingerprint density at radius 1 is 1.56 bits per heavy atom. The standard InChI is InChI=1S/C6H9N3/c1-5-7-6-3-2-4-9(6)8-5/h2-4H2,1H3. The summed E-state index contributed by atoms with van der Waals surface area (Å²) in [5.74, 6) is 2.07. The molecule has 1 aliphatic rings. The van der Waals surface area contributed by atoms with E-state index in [0.29, 0.717) is 0 Å². The highest BCUT2D eigenvalue weighted by Gasteiger charge is 2.12. The molecular weight excluding hydrogens is 114 g/mol. The maximum Gasteiger partial charge on any atom is 0.147 e. The summed E-state index contributed by atoms with van der Waals surface area (Å²) in [5, 5.41) is 4.20. The molecule has 0 N–H and O–H groups in total. The summed E-state index contributed by atoms with van der Waals surface area (Å²) < 4.78 is 2.00. The van der Waals surface area contributed by atoms with Crippen molar-refractivity contribution in [3.05, 3.63) is 11.6 Å². The Labute approximate surface area is 53.7 Å². The maximum atomic E-state index is 4.24. The van der Waals surface area contributed by atoms with E-state index in [2.05, 4.69) is 10.1 Å². The summed E-state index contributed by atoms with van der Waals surface area (Å²) in [4.78, 5) is 4.24. The zero-order valence-corrected chi connectivity index (χ0v) is 5.46. The van der Waals surface area contributed by atoms with Gasteiger partial charge in [0.05, 0.1) is 0 Å². The molecule has 0 aromatic carbocycles. The Morgan fingerprint density at radius 3 is 3.22 bits per heavy atom. The third-order valence-corrected chi connectivity index (χ3v) is 1.62. The Kier molecular flexibility index (Phi) is 0.860. The number of aryl methyl sites for hydroxylation is 3. The van der Waals surface area contributed by atoms with Crippen LogP contribution in [-0.2, 0) is 13.0 Å². The van der Waals surface area contributed by atoms with Crippen molar-refractivity contribution in [3.63, 3.8) is 0 Å². The molecule has 48 valence electrons. The van der Waals surface area contributed by atoms with Gasteiger partial charge in [-0.15, -0.1) is 0 Å². The molecule has 2 heterocycles. The molecule has 0 unspecified atom stereocenters. The molecule has 0 radical (unpaired) electrons. The average molecular weight is 123 g/mol. The van der Waals surface area contributed by atoms with Crippen LogP contribution in [0.5, 0.6) is 0 Å². The molecule has 0 saturated heterocycles. The molecular formula is C6H9N3. The first-order chi connectivity index (χ1) is 4.36. The third-order valence-electron chi connectivity index (χ3n) is 1.62. The van der Waals surface area contributed by atoms with E-state index in [9.17, 15) is 0 Å². The van der Waals surface area contributed by atoms with Crippen LogP contribution in [0.15, 0.2) is 0 Å². The molecule has 0 amide bonds. The lowest BCUT2D eigenvalue weighted by Crippen LogP contribution is -1.93. The molecule has 1 aliphatic heterocycles. The molecule has 0 fully saturated rings. The Hall–Kier alpha value is -0.860. The van der Waals surface area contributed by atoms with Crippen molar-refractivity contribution in [2.45, 2.75) is 26.3 Å². The first-order valence-electron chi connectivity index (χ1n) is 3.26. The van der Waals surface area contributed by atoms with Gasteiger partial charge in [-0.2, -0.15) is 5.10 Å². The van der Waals surface area contributed by atoms with E-state index >= 15 is 0 Å². The average Bonchev–Trinajstić information content (AvgIpc) is 2.22. The first-order valence-corrected chi connectivity index (χ1v) is 3.26. The van der Waals surface area contributed by atoms with E-state index in [1.807, 2.05) is 11.6 Å². The predicted molar refractivity (Wildman–Crippen MR) is 33.1 cm³/mol. The lowest BCUT2D eigenvalue weighted by Gasteiger charge is -1.86. The summed E-state index contributed by atoms with van der Waals surface area (Å²) in [5.41, 5.74) is 0. The van der Waals surface area contributed by atoms with E-state index in [4.69, 9.17) is 0 Å². The van der Waals surface area contributed by atoms with Gasteiger partial charge in [0.2, 0.25) is 0 Å². The Morgan fingerprint density at radius 2 is 2.44 bits per heavy atom. The highest BCUT2D eigenvalue weighted by molar-refractivity contribution is 4.94. The minimum Gasteiger partial charge on any atom is -0.250 e. The molecule has 0 saturated carbocycles. The van der Waals surface area contributed by atoms with Crippen molar-refractivity contribution in [2.24, 2.45) is 0 Å². The van der Waals surface area contributed by atoms with Crippen molar-refractivity contribution < 1.29 is 0 Å². The second kappa shape index (κ2) is 1.56. The zero-order chi connectivity index (χ0) is 6.27. The Balaban J connectivity index is 2.51. The van der Waals surface area contributed by atoms with Crippen LogP contribution in [-0.4, -0.2) is 14.8 Å². The van der Waals surface area contributed by atoms with Crippen LogP contribution in [0.3, 0.4) is 0 Å². The second-order valence-corrected chi connectivity index (χ2v) is 2.40. The minimum atomic E-state index is 0.907. The van der Waals surface area contributed by atoms with Gasteiger partial charge in [0.15, 0.2) is 0 Å². The van der Waals surface area contributed by atoms with E-state index in [0.717, 1.165) is 24.6 Å². The molecule has 9 heavy (non-hydrogen) atoms. The number of rotatable bonds is 0. The van der Waals surface area contributed by atoms with Crippen molar-refractivity contribution in [1.82, 2.24) is 14.8 Å². The number of nitrogens with zero attached hydrogens (tertiary/aromatic N) is 3. The smallest absolute Gasteiger partial charge is 0.147 e. The molecule has 0 spiro atoms. The normalized spacial score (nSPS) is 16.1. The fraction of sp³-hybridized carbons (Fsp3) is 0.667. The maximum absolute atomic E-state index is 4.24. The van der Waals surface area contributed by atoms with Gasteiger partial charge in [-0.1, -0.05) is 0 Å². The third kappa shape index (κ3) is 0.642. The largest absolute Gasteiger partial charge is 0.250 e. The zero-order valence-electron chi connectivity index (χ0n) is 5.46. The number of hydrogen-bond donors (Lipinski definition) is 0. The summed E-state index contributed by atoms with van der Waals surface area (Å²) >= 11 is 0. The van der Waals surface area contributed by atoms with Gasteiger partial charge in [-0.05, 0) is 13.3 Å². The fourth-order valence-corrected chi connectivity index (χ4v) is 1.25. The van der Waals surface area contributed by atoms with E-state index < -0.39 is 0 Å². The van der Waals surface area contributed by atoms with Crippen molar-refractivity contribution in [3.8, 4) is 0 Å². The SMILES string of the molecule is Cc1nc2n(n1)CCC2. The number of aromatic nitrogens is 3. The minimum absolute atomic E-state index is 0.907. The van der Waals surface area contributed by atoms with E-state index in [1.165, 1.54) is 6.42 Å². The molecule has 2 rings (SSSR count). The van der Waals surface area contributed by atoms with Gasteiger partial charge in [0, 0.05) is 13.0 Å². The topological polar surface area (TPSA) is 30.7 Å². The summed E-state index contributed by atoms with van der Waals surface area (Å²) in [6.45, 7) is 3.00. The number of hydrogen-bond acceptors (Lipinski definition) is 2. The van der Waals surface area contributed by atoms with Gasteiger partial charge >= 0.3 is 0 Å². The van der Waals surface area contributed by atoms with Crippen LogP contribution in [0.25, 0.3) is 0 Å². The predicted octanol–water partition coefficient (Wildman–Crippen LogP) is 0.533. The fourth-order valence-electron chi connectivity index (χ4n) is 1.25. The first kappa shape index (κ1) is 4.97. The van der Waals surface area contributed by atoms with Gasteiger partial charge < -0.3 is 0 Å². The van der Waals surface area contributed by atoms with Gasteiger partial charge in [-0.3, -0.25) is 0 Å². The van der Waals surface area contributed by atoms with Gasteiger partial charge in [0.25, 0.3) is 0 Å². The molecule has 0 atom stereocenters. The molecule has 3 nitrogen and oxygen atoms in total. The van der Waals surface area contributed by atoms with Gasteiger partial charge in [0.1, 0.15) is 11.6 Å². The van der Waals surface area contributed by atoms with Crippen LogP contribution in [0.4, 0.5) is 0 Å². The summed E-state index contributed by atoms with van der Waals surface area (Å²) in [6, 6.07) is 0. The molecule has 0 bridgehead atoms. The summed E-state index contributed by atoms with van der Waals surface area (Å²) in [7, 11) is 0. The van der Waals surface area contributed by atoms with Crippen LogP contribution < -0.4 is 0 Å². The molecule has 3 heteroatoms. The van der Waals surface area contributed by atoms with Crippen LogP contribution in [0.2, 0.25) is 0 Å². The monoisotopic (exact) mass is 123 g/mol. The highest BCUT2D eigenvalue weighted by Crippen LogP contribution is 2.09. The van der Waals surface area contributed by atoms with Crippen LogP contribution in [0, 0.1) is 6.92 Å². The van der Waals surface area contributed by atoms with Crippen molar-refractivity contribution in [2.75, 3.05) is 0 Å². The van der Waals surface area contributed by atoms with Crippen LogP contribution in [0.1, 0.15) is 18.1 Å². The molecule has 1 aromatic heterocycles. The second-order valence-electron chi connectivity index (χ2n) is 2.40. The summed E-state index contributed by atoms with van der Waals surface area (Å²) in [6.07, 6.45) is 2.33. The van der Waals surface area contributed by atoms with E-state index in [-0.39, 0.29) is 0 Å². The number of fused-ring (bicyclic) bond motifs is 1. The van der Waals surface area contributed by atoms with Crippen molar-refractivity contribution in [1.29, 1.82) is 0 Å².